The lowest BCUT2D eigenvalue weighted by Gasteiger charge is -2.10. The van der Waals surface area contributed by atoms with Crippen LogP contribution in [0.4, 0.5) is 4.39 Å². The molecule has 0 amide bonds. The monoisotopic (exact) mass is 249 g/mol. The van der Waals surface area contributed by atoms with Gasteiger partial charge in [-0.25, -0.2) is 4.39 Å². The Labute approximate surface area is 105 Å². The summed E-state index contributed by atoms with van der Waals surface area (Å²) in [4.78, 5) is 0. The molecule has 2 aromatic rings. The predicted octanol–water partition coefficient (Wildman–Crippen LogP) is 1.64. The summed E-state index contributed by atoms with van der Waals surface area (Å²) < 4.78 is 20.7. The standard InChI is InChI=1S/C13H16FN3O/c1-17-9-10(8-16-17)5-6-18-13-4-2-3-12(14)11(13)7-15/h2-4,8-9H,5-7,15H2,1H3. The van der Waals surface area contributed by atoms with Crippen molar-refractivity contribution in [3.63, 3.8) is 0 Å². The zero-order valence-corrected chi connectivity index (χ0v) is 10.3. The number of aryl methyl sites for hydroxylation is 1. The second-order valence-electron chi connectivity index (χ2n) is 4.04. The van der Waals surface area contributed by atoms with Gasteiger partial charge in [-0.1, -0.05) is 6.07 Å². The van der Waals surface area contributed by atoms with Crippen molar-refractivity contribution in [1.82, 2.24) is 9.78 Å². The van der Waals surface area contributed by atoms with Gasteiger partial charge in [0.05, 0.1) is 12.8 Å². The van der Waals surface area contributed by atoms with E-state index in [-0.39, 0.29) is 12.4 Å². The molecule has 0 aliphatic heterocycles. The van der Waals surface area contributed by atoms with Crippen molar-refractivity contribution in [3.8, 4) is 5.75 Å². The number of rotatable bonds is 5. The lowest BCUT2D eigenvalue weighted by molar-refractivity contribution is 0.316. The van der Waals surface area contributed by atoms with E-state index in [0.717, 1.165) is 12.0 Å². The van der Waals surface area contributed by atoms with Crippen LogP contribution in [0.25, 0.3) is 0 Å². The number of nitrogens with two attached hydrogens (primary N) is 1. The highest BCUT2D eigenvalue weighted by molar-refractivity contribution is 5.34. The van der Waals surface area contributed by atoms with Crippen LogP contribution >= 0.6 is 0 Å². The third kappa shape index (κ3) is 2.87. The molecule has 0 aliphatic carbocycles. The topological polar surface area (TPSA) is 53.1 Å². The summed E-state index contributed by atoms with van der Waals surface area (Å²) in [5, 5.41) is 4.07. The molecule has 0 bridgehead atoms. The van der Waals surface area contributed by atoms with Gasteiger partial charge in [-0.2, -0.15) is 5.10 Å². The van der Waals surface area contributed by atoms with Crippen molar-refractivity contribution in [3.05, 3.63) is 47.5 Å². The summed E-state index contributed by atoms with van der Waals surface area (Å²) in [5.74, 6) is 0.192. The number of benzene rings is 1. The molecular weight excluding hydrogens is 233 g/mol. The van der Waals surface area contributed by atoms with E-state index in [1.54, 1.807) is 23.0 Å². The van der Waals surface area contributed by atoms with Crippen LogP contribution in [0.2, 0.25) is 0 Å². The maximum atomic E-state index is 13.4. The van der Waals surface area contributed by atoms with Gasteiger partial charge in [-0.3, -0.25) is 4.68 Å². The van der Waals surface area contributed by atoms with Gasteiger partial charge < -0.3 is 10.5 Å². The van der Waals surface area contributed by atoms with Crippen molar-refractivity contribution in [2.24, 2.45) is 12.8 Å². The normalized spacial score (nSPS) is 10.6. The van der Waals surface area contributed by atoms with Crippen LogP contribution in [0.1, 0.15) is 11.1 Å². The van der Waals surface area contributed by atoms with Crippen molar-refractivity contribution >= 4 is 0 Å². The fraction of sp³-hybridized carbons (Fsp3) is 0.308. The van der Waals surface area contributed by atoms with Crippen LogP contribution in [0, 0.1) is 5.82 Å². The second kappa shape index (κ2) is 5.64. The summed E-state index contributed by atoms with van der Waals surface area (Å²) in [6.07, 6.45) is 4.45. The minimum Gasteiger partial charge on any atom is -0.493 e. The summed E-state index contributed by atoms with van der Waals surface area (Å²) in [6.45, 7) is 0.608. The summed E-state index contributed by atoms with van der Waals surface area (Å²) in [6, 6.07) is 4.73. The molecule has 5 heteroatoms. The van der Waals surface area contributed by atoms with Crippen LogP contribution in [0.5, 0.6) is 5.75 Å². The number of hydrogen-bond acceptors (Lipinski definition) is 3. The Hall–Kier alpha value is -1.88. The van der Waals surface area contributed by atoms with E-state index in [0.29, 0.717) is 17.9 Å². The SMILES string of the molecule is Cn1cc(CCOc2cccc(F)c2CN)cn1. The number of hydrogen-bond donors (Lipinski definition) is 1. The molecule has 0 aliphatic rings. The molecule has 1 heterocycles. The highest BCUT2D eigenvalue weighted by Gasteiger charge is 2.07. The van der Waals surface area contributed by atoms with Gasteiger partial charge in [-0.15, -0.1) is 0 Å². The van der Waals surface area contributed by atoms with Crippen molar-refractivity contribution in [1.29, 1.82) is 0 Å². The third-order valence-corrected chi connectivity index (χ3v) is 2.69. The maximum Gasteiger partial charge on any atom is 0.131 e. The fourth-order valence-corrected chi connectivity index (χ4v) is 1.75. The van der Waals surface area contributed by atoms with E-state index in [9.17, 15) is 4.39 Å². The lowest BCUT2D eigenvalue weighted by Crippen LogP contribution is -2.07. The molecule has 0 atom stereocenters. The van der Waals surface area contributed by atoms with Crippen molar-refractivity contribution in [2.45, 2.75) is 13.0 Å². The maximum absolute atomic E-state index is 13.4. The van der Waals surface area contributed by atoms with Crippen LogP contribution in [-0.4, -0.2) is 16.4 Å². The van der Waals surface area contributed by atoms with E-state index in [4.69, 9.17) is 10.5 Å². The van der Waals surface area contributed by atoms with Gasteiger partial charge in [0.2, 0.25) is 0 Å². The minimum absolute atomic E-state index is 0.134. The number of ether oxygens (including phenoxy) is 1. The van der Waals surface area contributed by atoms with Crippen LogP contribution in [-0.2, 0) is 20.0 Å². The van der Waals surface area contributed by atoms with Crippen molar-refractivity contribution in [2.75, 3.05) is 6.61 Å². The molecule has 0 saturated carbocycles. The number of halogens is 1. The molecule has 96 valence electrons. The minimum atomic E-state index is -0.323. The van der Waals surface area contributed by atoms with Gasteiger partial charge >= 0.3 is 0 Å². The molecule has 1 aromatic carbocycles. The smallest absolute Gasteiger partial charge is 0.131 e. The van der Waals surface area contributed by atoms with Crippen LogP contribution in [0.15, 0.2) is 30.6 Å². The molecule has 0 saturated heterocycles. The Morgan fingerprint density at radius 2 is 2.28 bits per heavy atom. The summed E-state index contributed by atoms with van der Waals surface area (Å²) in [7, 11) is 1.86. The first-order valence-electron chi connectivity index (χ1n) is 5.78. The van der Waals surface area contributed by atoms with Crippen molar-refractivity contribution < 1.29 is 9.13 Å². The average molecular weight is 249 g/mol. The molecule has 0 radical (unpaired) electrons. The molecule has 0 fully saturated rings. The highest BCUT2D eigenvalue weighted by atomic mass is 19.1. The molecule has 0 unspecified atom stereocenters. The van der Waals surface area contributed by atoms with E-state index in [2.05, 4.69) is 5.10 Å². The molecule has 4 nitrogen and oxygen atoms in total. The molecule has 2 N–H and O–H groups in total. The first-order valence-corrected chi connectivity index (χ1v) is 5.78. The Morgan fingerprint density at radius 1 is 1.44 bits per heavy atom. The first-order chi connectivity index (χ1) is 8.70. The summed E-state index contributed by atoms with van der Waals surface area (Å²) >= 11 is 0. The Kier molecular flexibility index (Phi) is 3.94. The quantitative estimate of drug-likeness (QED) is 0.876. The molecule has 2 rings (SSSR count). The van der Waals surface area contributed by atoms with Crippen LogP contribution < -0.4 is 10.5 Å². The van der Waals surface area contributed by atoms with E-state index < -0.39 is 0 Å². The average Bonchev–Trinajstić information content (AvgIpc) is 2.75. The zero-order valence-electron chi connectivity index (χ0n) is 10.3. The zero-order chi connectivity index (χ0) is 13.0. The van der Waals surface area contributed by atoms with E-state index in [1.165, 1.54) is 6.07 Å². The first kappa shape index (κ1) is 12.6. The van der Waals surface area contributed by atoms with E-state index >= 15 is 0 Å². The van der Waals surface area contributed by atoms with Gasteiger partial charge in [0.1, 0.15) is 11.6 Å². The molecule has 0 spiro atoms. The fourth-order valence-electron chi connectivity index (χ4n) is 1.75. The van der Waals surface area contributed by atoms with Gasteiger partial charge in [0.15, 0.2) is 0 Å². The van der Waals surface area contributed by atoms with E-state index in [1.807, 2.05) is 13.2 Å². The Balaban J connectivity index is 1.96. The molecule has 1 aromatic heterocycles. The number of nitrogens with zero attached hydrogens (tertiary/aromatic N) is 2. The lowest BCUT2D eigenvalue weighted by atomic mass is 10.2. The van der Waals surface area contributed by atoms with Gasteiger partial charge in [0, 0.05) is 31.8 Å². The second-order valence-corrected chi connectivity index (χ2v) is 4.04. The van der Waals surface area contributed by atoms with Crippen LogP contribution in [0.3, 0.4) is 0 Å². The Bertz CT molecular complexity index is 525. The largest absolute Gasteiger partial charge is 0.493 e. The number of aromatic nitrogens is 2. The highest BCUT2D eigenvalue weighted by Crippen LogP contribution is 2.20. The summed E-state index contributed by atoms with van der Waals surface area (Å²) in [5.41, 5.74) is 7.01. The third-order valence-electron chi connectivity index (χ3n) is 2.69. The van der Waals surface area contributed by atoms with Gasteiger partial charge in [-0.05, 0) is 17.7 Å². The Morgan fingerprint density at radius 3 is 2.94 bits per heavy atom. The molecule has 18 heavy (non-hydrogen) atoms. The predicted molar refractivity (Wildman–Crippen MR) is 66.7 cm³/mol. The van der Waals surface area contributed by atoms with Gasteiger partial charge in [0.25, 0.3) is 0 Å². The molecular formula is C13H16FN3O.